The van der Waals surface area contributed by atoms with Crippen LogP contribution >= 0.6 is 11.3 Å². The van der Waals surface area contributed by atoms with Crippen LogP contribution in [0.5, 0.6) is 11.5 Å². The Morgan fingerprint density at radius 2 is 1.67 bits per heavy atom. The number of fused-ring (bicyclic) bond motifs is 3. The summed E-state index contributed by atoms with van der Waals surface area (Å²) in [6.07, 6.45) is 0. The molecule has 1 aliphatic rings. The number of piperazine rings is 1. The molecule has 0 unspecified atom stereocenters. The number of rotatable bonds is 3. The molecule has 5 nitrogen and oxygen atoms in total. The zero-order valence-electron chi connectivity index (χ0n) is 16.7. The first kappa shape index (κ1) is 18.8. The second kappa shape index (κ2) is 7.54. The van der Waals surface area contributed by atoms with Crippen LogP contribution in [0.1, 0.15) is 9.67 Å². The van der Waals surface area contributed by atoms with Crippen molar-refractivity contribution in [3.05, 3.63) is 65.5 Å². The van der Waals surface area contributed by atoms with Gasteiger partial charge in [-0.3, -0.25) is 4.79 Å². The number of phenolic OH excluding ortho intramolecular Hbond substituents is 1. The number of hydrogen-bond acceptors (Lipinski definition) is 5. The van der Waals surface area contributed by atoms with Crippen molar-refractivity contribution in [1.29, 1.82) is 0 Å². The van der Waals surface area contributed by atoms with Crippen LogP contribution in [0.15, 0.2) is 60.7 Å². The number of carbonyl (C=O) groups excluding carboxylic acids is 1. The van der Waals surface area contributed by atoms with E-state index in [4.69, 9.17) is 4.74 Å². The Morgan fingerprint density at radius 3 is 2.37 bits per heavy atom. The molecule has 0 radical (unpaired) electrons. The van der Waals surface area contributed by atoms with Crippen LogP contribution in [-0.2, 0) is 0 Å². The summed E-state index contributed by atoms with van der Waals surface area (Å²) in [5, 5.41) is 13.1. The zero-order chi connectivity index (χ0) is 20.7. The largest absolute Gasteiger partial charge is 0.507 e. The number of nitrogens with zero attached hydrogens (tertiary/aromatic N) is 2. The van der Waals surface area contributed by atoms with Gasteiger partial charge in [0.15, 0.2) is 0 Å². The van der Waals surface area contributed by atoms with Crippen LogP contribution in [0.4, 0.5) is 5.69 Å². The van der Waals surface area contributed by atoms with Gasteiger partial charge in [0.2, 0.25) is 0 Å². The van der Waals surface area contributed by atoms with Gasteiger partial charge in [0, 0.05) is 47.3 Å². The van der Waals surface area contributed by atoms with Crippen molar-refractivity contribution in [1.82, 2.24) is 4.90 Å². The summed E-state index contributed by atoms with van der Waals surface area (Å²) < 4.78 is 6.27. The number of thiophene rings is 1. The Balaban J connectivity index is 1.35. The number of ether oxygens (including phenoxy) is 1. The highest BCUT2D eigenvalue weighted by atomic mass is 32.1. The molecule has 4 aromatic rings. The maximum Gasteiger partial charge on any atom is 0.264 e. The predicted molar refractivity (Wildman–Crippen MR) is 122 cm³/mol. The maximum absolute atomic E-state index is 13.2. The number of methoxy groups -OCH3 is 1. The maximum atomic E-state index is 13.2. The molecule has 5 rings (SSSR count). The summed E-state index contributed by atoms with van der Waals surface area (Å²) in [6.45, 7) is 2.97. The summed E-state index contributed by atoms with van der Waals surface area (Å²) in [4.78, 5) is 18.1. The average Bonchev–Trinajstić information content (AvgIpc) is 3.23. The van der Waals surface area contributed by atoms with Gasteiger partial charge in [0.05, 0.1) is 12.0 Å². The van der Waals surface area contributed by atoms with Gasteiger partial charge in [-0.2, -0.15) is 0 Å². The third kappa shape index (κ3) is 3.23. The Kier molecular flexibility index (Phi) is 4.71. The molecular formula is C24H22N2O3S. The van der Waals surface area contributed by atoms with Crippen molar-refractivity contribution in [2.45, 2.75) is 0 Å². The van der Waals surface area contributed by atoms with Crippen molar-refractivity contribution in [2.75, 3.05) is 38.2 Å². The van der Waals surface area contributed by atoms with Gasteiger partial charge < -0.3 is 19.6 Å². The van der Waals surface area contributed by atoms with E-state index in [-0.39, 0.29) is 11.7 Å². The van der Waals surface area contributed by atoms with Crippen molar-refractivity contribution in [3.8, 4) is 11.5 Å². The molecule has 0 saturated carbocycles. The minimum Gasteiger partial charge on any atom is -0.507 e. The third-order valence-corrected chi connectivity index (χ3v) is 6.89. The van der Waals surface area contributed by atoms with E-state index < -0.39 is 0 Å². The highest BCUT2D eigenvalue weighted by Gasteiger charge is 2.24. The van der Waals surface area contributed by atoms with Crippen LogP contribution in [0.25, 0.3) is 20.9 Å². The molecule has 30 heavy (non-hydrogen) atoms. The van der Waals surface area contributed by atoms with E-state index in [2.05, 4.69) is 17.0 Å². The monoisotopic (exact) mass is 418 g/mol. The molecule has 3 aromatic carbocycles. The van der Waals surface area contributed by atoms with Gasteiger partial charge in [-0.1, -0.05) is 24.3 Å². The number of anilines is 1. The predicted octanol–water partition coefficient (Wildman–Crippen LogP) is 4.73. The highest BCUT2D eigenvalue weighted by molar-refractivity contribution is 7.21. The molecule has 0 atom stereocenters. The van der Waals surface area contributed by atoms with E-state index in [0.29, 0.717) is 13.1 Å². The van der Waals surface area contributed by atoms with Crippen molar-refractivity contribution in [2.24, 2.45) is 0 Å². The molecule has 1 amide bonds. The molecular weight excluding hydrogens is 396 g/mol. The van der Waals surface area contributed by atoms with Crippen LogP contribution < -0.4 is 9.64 Å². The molecule has 0 aliphatic carbocycles. The minimum absolute atomic E-state index is 0.0640. The number of hydrogen-bond donors (Lipinski definition) is 1. The summed E-state index contributed by atoms with van der Waals surface area (Å²) >= 11 is 1.51. The summed E-state index contributed by atoms with van der Waals surface area (Å²) in [5.74, 6) is 1.16. The van der Waals surface area contributed by atoms with Gasteiger partial charge in [-0.05, 0) is 41.8 Å². The molecule has 1 fully saturated rings. The lowest BCUT2D eigenvalue weighted by molar-refractivity contribution is 0.0751. The molecule has 2 heterocycles. The third-order valence-electron chi connectivity index (χ3n) is 5.72. The van der Waals surface area contributed by atoms with Gasteiger partial charge in [0.25, 0.3) is 5.91 Å². The molecule has 0 bridgehead atoms. The van der Waals surface area contributed by atoms with Gasteiger partial charge in [-0.15, -0.1) is 11.3 Å². The highest BCUT2D eigenvalue weighted by Crippen LogP contribution is 2.38. The van der Waals surface area contributed by atoms with Crippen molar-refractivity contribution < 1.29 is 14.6 Å². The quantitative estimate of drug-likeness (QED) is 0.523. The van der Waals surface area contributed by atoms with Crippen molar-refractivity contribution in [3.63, 3.8) is 0 Å². The first-order valence-corrected chi connectivity index (χ1v) is 10.8. The van der Waals surface area contributed by atoms with E-state index in [1.54, 1.807) is 13.2 Å². The standard InChI is InChI=1S/C24H22N2O3S/c1-29-18-8-6-17(7-9-18)25-10-12-26(13-11-25)24(28)22-15-16-14-21(27)19-4-2-3-5-20(19)23(16)30-22/h2-9,14-15,27H,10-13H2,1H3. The molecule has 6 heteroatoms. The van der Waals surface area contributed by atoms with Crippen molar-refractivity contribution >= 4 is 43.8 Å². The van der Waals surface area contributed by atoms with Crippen LogP contribution in [-0.4, -0.2) is 49.2 Å². The number of carbonyl (C=O) groups is 1. The van der Waals surface area contributed by atoms with Gasteiger partial charge in [-0.25, -0.2) is 0 Å². The molecule has 1 aliphatic heterocycles. The fourth-order valence-electron chi connectivity index (χ4n) is 4.07. The van der Waals surface area contributed by atoms with E-state index in [1.807, 2.05) is 47.4 Å². The Bertz CT molecular complexity index is 1220. The number of amides is 1. The Labute approximate surface area is 178 Å². The fourth-order valence-corrected chi connectivity index (χ4v) is 5.22. The van der Waals surface area contributed by atoms with E-state index >= 15 is 0 Å². The normalized spacial score (nSPS) is 14.4. The summed E-state index contributed by atoms with van der Waals surface area (Å²) in [7, 11) is 1.66. The first-order chi connectivity index (χ1) is 14.6. The Hall–Kier alpha value is -3.25. The van der Waals surface area contributed by atoms with Gasteiger partial charge >= 0.3 is 0 Å². The number of benzene rings is 3. The van der Waals surface area contributed by atoms with E-state index in [9.17, 15) is 9.90 Å². The van der Waals surface area contributed by atoms with E-state index in [1.165, 1.54) is 11.3 Å². The first-order valence-electron chi connectivity index (χ1n) is 9.96. The lowest BCUT2D eigenvalue weighted by Crippen LogP contribution is -2.48. The second-order valence-corrected chi connectivity index (χ2v) is 8.50. The smallest absolute Gasteiger partial charge is 0.264 e. The molecule has 1 N–H and O–H groups in total. The van der Waals surface area contributed by atoms with Crippen LogP contribution in [0.2, 0.25) is 0 Å². The van der Waals surface area contributed by atoms with Gasteiger partial charge in [0.1, 0.15) is 11.5 Å². The Morgan fingerprint density at radius 1 is 0.967 bits per heavy atom. The topological polar surface area (TPSA) is 53.0 Å². The van der Waals surface area contributed by atoms with E-state index in [0.717, 1.165) is 50.3 Å². The lowest BCUT2D eigenvalue weighted by Gasteiger charge is -2.36. The average molecular weight is 419 g/mol. The minimum atomic E-state index is 0.0640. The second-order valence-electron chi connectivity index (χ2n) is 7.45. The fraction of sp³-hybridized carbons (Fsp3) is 0.208. The number of aromatic hydroxyl groups is 1. The van der Waals surface area contributed by atoms with Crippen LogP contribution in [0.3, 0.4) is 0 Å². The molecule has 1 aromatic heterocycles. The lowest BCUT2D eigenvalue weighted by atomic mass is 10.1. The molecule has 0 spiro atoms. The zero-order valence-corrected chi connectivity index (χ0v) is 17.5. The molecule has 152 valence electrons. The van der Waals surface area contributed by atoms with Crippen LogP contribution in [0, 0.1) is 0 Å². The molecule has 1 saturated heterocycles. The SMILES string of the molecule is COc1ccc(N2CCN(C(=O)c3cc4cc(O)c5ccccc5c4s3)CC2)cc1. The summed E-state index contributed by atoms with van der Waals surface area (Å²) in [5.41, 5.74) is 1.15. The number of phenols is 1. The summed E-state index contributed by atoms with van der Waals surface area (Å²) in [6, 6.07) is 19.5.